The van der Waals surface area contributed by atoms with Gasteiger partial charge < -0.3 is 9.95 Å². The number of anilines is 1. The van der Waals surface area contributed by atoms with Gasteiger partial charge in [-0.15, -0.1) is 0 Å². The minimum Gasteiger partial charge on any atom is -0.361 e. The second-order valence-electron chi connectivity index (χ2n) is 4.16. The molecule has 0 aliphatic rings. The molecule has 0 aliphatic heterocycles. The van der Waals surface area contributed by atoms with Crippen molar-refractivity contribution < 1.29 is 4.52 Å². The highest BCUT2D eigenvalue weighted by Crippen LogP contribution is 2.26. The van der Waals surface area contributed by atoms with Crippen LogP contribution in [0.4, 0.5) is 5.82 Å². The molecule has 0 atom stereocenters. The fourth-order valence-electron chi connectivity index (χ4n) is 1.96. The molecule has 0 radical (unpaired) electrons. The zero-order valence-electron chi connectivity index (χ0n) is 11.0. The van der Waals surface area contributed by atoms with Crippen molar-refractivity contribution in [3.8, 4) is 11.4 Å². The van der Waals surface area contributed by atoms with Crippen molar-refractivity contribution in [2.75, 3.05) is 5.43 Å². The van der Waals surface area contributed by atoms with Crippen LogP contribution >= 0.6 is 0 Å². The lowest BCUT2D eigenvalue weighted by Crippen LogP contribution is -2.13. The normalized spacial score (nSPS) is 10.7. The third kappa shape index (κ3) is 1.95. The van der Waals surface area contributed by atoms with Crippen molar-refractivity contribution in [1.82, 2.24) is 15.1 Å². The van der Waals surface area contributed by atoms with Crippen LogP contribution in [0.15, 0.2) is 4.52 Å². The van der Waals surface area contributed by atoms with Gasteiger partial charge in [-0.1, -0.05) is 12.1 Å². The number of hydrogen-bond acceptors (Lipinski definition) is 6. The van der Waals surface area contributed by atoms with E-state index < -0.39 is 0 Å². The van der Waals surface area contributed by atoms with E-state index in [4.69, 9.17) is 10.4 Å². The maximum Gasteiger partial charge on any atom is 0.167 e. The Labute approximate surface area is 106 Å². The van der Waals surface area contributed by atoms with Gasteiger partial charge in [0, 0.05) is 11.3 Å². The Morgan fingerprint density at radius 2 is 1.94 bits per heavy atom. The molecule has 0 saturated heterocycles. The first-order valence-electron chi connectivity index (χ1n) is 5.85. The first-order valence-corrected chi connectivity index (χ1v) is 5.85. The molecular formula is C12H17N5O. The number of nitrogens with one attached hydrogen (secondary N) is 1. The van der Waals surface area contributed by atoms with Crippen LogP contribution < -0.4 is 11.3 Å². The molecule has 0 aliphatic carbocycles. The van der Waals surface area contributed by atoms with Gasteiger partial charge in [-0.3, -0.25) is 0 Å². The van der Waals surface area contributed by atoms with Crippen molar-refractivity contribution in [2.45, 2.75) is 34.1 Å². The Hall–Kier alpha value is -1.95. The molecule has 0 aromatic carbocycles. The van der Waals surface area contributed by atoms with Gasteiger partial charge >= 0.3 is 0 Å². The molecule has 0 amide bonds. The highest BCUT2D eigenvalue weighted by molar-refractivity contribution is 5.63. The Morgan fingerprint density at radius 3 is 2.44 bits per heavy atom. The van der Waals surface area contributed by atoms with Gasteiger partial charge in [0.2, 0.25) is 0 Å². The first kappa shape index (κ1) is 12.5. The monoisotopic (exact) mass is 247 g/mol. The molecule has 0 spiro atoms. The summed E-state index contributed by atoms with van der Waals surface area (Å²) in [5, 5.41) is 3.92. The number of aryl methyl sites for hydroxylation is 3. The van der Waals surface area contributed by atoms with E-state index in [9.17, 15) is 0 Å². The van der Waals surface area contributed by atoms with E-state index in [1.165, 1.54) is 0 Å². The Bertz CT molecular complexity index is 531. The standard InChI is InChI=1S/C12H17N5O/c1-5-9-6(2)11(16-13)15-12(14-9)10-7(3)17-18-8(10)4/h5,13H2,1-4H3,(H,14,15,16). The summed E-state index contributed by atoms with van der Waals surface area (Å²) in [7, 11) is 0. The Morgan fingerprint density at radius 1 is 1.22 bits per heavy atom. The minimum atomic E-state index is 0.599. The van der Waals surface area contributed by atoms with Gasteiger partial charge in [0.25, 0.3) is 0 Å². The highest BCUT2D eigenvalue weighted by atomic mass is 16.5. The van der Waals surface area contributed by atoms with Gasteiger partial charge in [0.05, 0.1) is 11.3 Å². The van der Waals surface area contributed by atoms with E-state index in [1.807, 2.05) is 27.7 Å². The third-order valence-corrected chi connectivity index (χ3v) is 2.98. The van der Waals surface area contributed by atoms with E-state index in [0.29, 0.717) is 17.4 Å². The molecule has 96 valence electrons. The number of nitrogen functional groups attached to an aromatic ring is 1. The van der Waals surface area contributed by atoms with Crippen molar-refractivity contribution in [3.05, 3.63) is 22.7 Å². The lowest BCUT2D eigenvalue weighted by atomic mass is 10.1. The third-order valence-electron chi connectivity index (χ3n) is 2.98. The van der Waals surface area contributed by atoms with Crippen molar-refractivity contribution in [1.29, 1.82) is 0 Å². The molecule has 2 aromatic heterocycles. The summed E-state index contributed by atoms with van der Waals surface area (Å²) in [5.41, 5.74) is 6.16. The highest BCUT2D eigenvalue weighted by Gasteiger charge is 2.17. The molecule has 3 N–H and O–H groups in total. The summed E-state index contributed by atoms with van der Waals surface area (Å²) in [4.78, 5) is 8.97. The number of hydrogen-bond donors (Lipinski definition) is 2. The van der Waals surface area contributed by atoms with E-state index in [0.717, 1.165) is 28.9 Å². The summed E-state index contributed by atoms with van der Waals surface area (Å²) < 4.78 is 5.15. The molecule has 0 unspecified atom stereocenters. The van der Waals surface area contributed by atoms with Crippen LogP contribution in [0.5, 0.6) is 0 Å². The van der Waals surface area contributed by atoms with Crippen LogP contribution in [0.3, 0.4) is 0 Å². The molecule has 0 saturated carbocycles. The fraction of sp³-hybridized carbons (Fsp3) is 0.417. The SMILES string of the molecule is CCc1nc(-c2c(C)noc2C)nc(NN)c1C. The number of nitrogens with two attached hydrogens (primary N) is 1. The van der Waals surface area contributed by atoms with Crippen LogP contribution in [0.25, 0.3) is 11.4 Å². The van der Waals surface area contributed by atoms with E-state index in [1.54, 1.807) is 0 Å². The summed E-state index contributed by atoms with van der Waals surface area (Å²) in [6.45, 7) is 7.72. The summed E-state index contributed by atoms with van der Waals surface area (Å²) in [6, 6.07) is 0. The van der Waals surface area contributed by atoms with Gasteiger partial charge in [0.1, 0.15) is 11.6 Å². The molecule has 6 heteroatoms. The van der Waals surface area contributed by atoms with Gasteiger partial charge in [-0.25, -0.2) is 15.8 Å². The quantitative estimate of drug-likeness (QED) is 0.636. The predicted molar refractivity (Wildman–Crippen MR) is 68.9 cm³/mol. The zero-order chi connectivity index (χ0) is 13.3. The molecule has 18 heavy (non-hydrogen) atoms. The van der Waals surface area contributed by atoms with Crippen molar-refractivity contribution >= 4 is 5.82 Å². The van der Waals surface area contributed by atoms with Crippen LogP contribution in [0.2, 0.25) is 0 Å². The first-order chi connectivity index (χ1) is 8.58. The topological polar surface area (TPSA) is 89.9 Å². The second-order valence-corrected chi connectivity index (χ2v) is 4.16. The van der Waals surface area contributed by atoms with Gasteiger partial charge in [-0.2, -0.15) is 0 Å². The smallest absolute Gasteiger partial charge is 0.167 e. The maximum absolute atomic E-state index is 5.49. The maximum atomic E-state index is 5.49. The van der Waals surface area contributed by atoms with Crippen molar-refractivity contribution in [2.24, 2.45) is 5.84 Å². The number of aromatic nitrogens is 3. The van der Waals surface area contributed by atoms with E-state index >= 15 is 0 Å². The largest absolute Gasteiger partial charge is 0.361 e. The van der Waals surface area contributed by atoms with Crippen LogP contribution in [-0.4, -0.2) is 15.1 Å². The molecule has 2 aromatic rings. The Kier molecular flexibility index (Phi) is 3.29. The summed E-state index contributed by atoms with van der Waals surface area (Å²) >= 11 is 0. The second kappa shape index (κ2) is 4.73. The summed E-state index contributed by atoms with van der Waals surface area (Å²) in [5.74, 6) is 7.44. The number of rotatable bonds is 3. The lowest BCUT2D eigenvalue weighted by Gasteiger charge is -2.10. The molecule has 2 heterocycles. The van der Waals surface area contributed by atoms with Crippen LogP contribution in [0.1, 0.15) is 29.6 Å². The van der Waals surface area contributed by atoms with Crippen LogP contribution in [0, 0.1) is 20.8 Å². The molecule has 0 fully saturated rings. The summed E-state index contributed by atoms with van der Waals surface area (Å²) in [6.07, 6.45) is 0.819. The fourth-order valence-corrected chi connectivity index (χ4v) is 1.96. The molecule has 0 bridgehead atoms. The minimum absolute atomic E-state index is 0.599. The van der Waals surface area contributed by atoms with Gasteiger partial charge in [0.15, 0.2) is 5.82 Å². The number of nitrogens with zero attached hydrogens (tertiary/aromatic N) is 3. The molecule has 2 rings (SSSR count). The zero-order valence-corrected chi connectivity index (χ0v) is 11.0. The number of hydrazine groups is 1. The lowest BCUT2D eigenvalue weighted by molar-refractivity contribution is 0.393. The average molecular weight is 247 g/mol. The van der Waals surface area contributed by atoms with E-state index in [-0.39, 0.29) is 0 Å². The van der Waals surface area contributed by atoms with E-state index in [2.05, 4.69) is 20.6 Å². The van der Waals surface area contributed by atoms with Gasteiger partial charge in [-0.05, 0) is 27.2 Å². The molecular weight excluding hydrogens is 230 g/mol. The average Bonchev–Trinajstić information content (AvgIpc) is 2.70. The van der Waals surface area contributed by atoms with Crippen LogP contribution in [-0.2, 0) is 6.42 Å². The Balaban J connectivity index is 2.65. The van der Waals surface area contributed by atoms with Crippen molar-refractivity contribution in [3.63, 3.8) is 0 Å². The molecule has 6 nitrogen and oxygen atoms in total. The predicted octanol–water partition coefficient (Wildman–Crippen LogP) is 1.90.